The Bertz CT molecular complexity index is 1700. The molecule has 0 saturated heterocycles. The Morgan fingerprint density at radius 3 is 2.35 bits per heavy atom. The van der Waals surface area contributed by atoms with Gasteiger partial charge in [-0.2, -0.15) is 0 Å². The fourth-order valence-electron chi connectivity index (χ4n) is 5.67. The summed E-state index contributed by atoms with van der Waals surface area (Å²) in [7, 11) is -2.13. The Hall–Kier alpha value is -3.63. The van der Waals surface area contributed by atoms with Gasteiger partial charge in [-0.15, -0.1) is 0 Å². The number of ether oxygens (including phenoxy) is 1. The minimum atomic E-state index is -2.13. The van der Waals surface area contributed by atoms with Crippen molar-refractivity contribution in [1.82, 2.24) is 20.1 Å². The monoisotopic (exact) mass is 644 g/mol. The molecule has 46 heavy (non-hydrogen) atoms. The van der Waals surface area contributed by atoms with Gasteiger partial charge in [-0.25, -0.2) is 14.4 Å². The van der Waals surface area contributed by atoms with Crippen LogP contribution in [0.5, 0.6) is 5.75 Å². The summed E-state index contributed by atoms with van der Waals surface area (Å²) in [6.07, 6.45) is 0.964. The maximum absolute atomic E-state index is 15.8. The average molecular weight is 645 g/mol. The molecule has 10 heteroatoms. The zero-order valence-electron chi connectivity index (χ0n) is 29.1. The highest BCUT2D eigenvalue weighted by Crippen LogP contribution is 2.41. The predicted octanol–water partition coefficient (Wildman–Crippen LogP) is 8.80. The first-order chi connectivity index (χ1) is 21.4. The fourth-order valence-corrected chi connectivity index (χ4v) is 6.90. The molecule has 0 spiro atoms. The number of hydrogen-bond donors (Lipinski definition) is 0. The first-order valence-electron chi connectivity index (χ1n) is 15.8. The summed E-state index contributed by atoms with van der Waals surface area (Å²) in [6.45, 7) is 28.7. The molecule has 245 valence electrons. The number of aromatic nitrogens is 4. The van der Waals surface area contributed by atoms with Crippen LogP contribution in [0.1, 0.15) is 69.8 Å². The van der Waals surface area contributed by atoms with Gasteiger partial charge in [0.15, 0.2) is 14.1 Å². The molecule has 0 bridgehead atoms. The average Bonchev–Trinajstić information content (AvgIpc) is 3.53. The number of aryl methyl sites for hydroxylation is 2. The summed E-state index contributed by atoms with van der Waals surface area (Å²) in [4.78, 5) is 16.7. The van der Waals surface area contributed by atoms with Crippen molar-refractivity contribution in [2.45, 2.75) is 106 Å². The van der Waals surface area contributed by atoms with Crippen molar-refractivity contribution in [3.63, 3.8) is 0 Å². The van der Waals surface area contributed by atoms with Crippen molar-refractivity contribution >= 4 is 14.1 Å². The summed E-state index contributed by atoms with van der Waals surface area (Å²) in [6, 6.07) is 8.75. The second-order valence-electron chi connectivity index (χ2n) is 15.0. The van der Waals surface area contributed by atoms with Gasteiger partial charge in [-0.05, 0) is 75.7 Å². The van der Waals surface area contributed by atoms with Crippen molar-refractivity contribution in [1.29, 1.82) is 0 Å². The number of fused-ring (bicyclic) bond motifs is 1. The SMILES string of the molecule is [CH2]C(O[Si](C)(C)C(C)(C)C)C(Oc1ccc(F)c(-c2nc(-c3c(C)noc3C)c(C)c(N3Cc4cccnc4C3)n2)c1)C(C)(C)C. The van der Waals surface area contributed by atoms with Crippen LogP contribution in [-0.4, -0.2) is 40.6 Å². The van der Waals surface area contributed by atoms with Gasteiger partial charge in [-0.3, -0.25) is 4.98 Å². The van der Waals surface area contributed by atoms with E-state index in [1.54, 1.807) is 18.3 Å². The second-order valence-corrected chi connectivity index (χ2v) is 19.7. The van der Waals surface area contributed by atoms with Crippen molar-refractivity contribution < 1.29 is 18.1 Å². The molecule has 2 unspecified atom stereocenters. The van der Waals surface area contributed by atoms with E-state index in [2.05, 4.69) is 82.7 Å². The van der Waals surface area contributed by atoms with E-state index in [1.807, 2.05) is 26.8 Å². The minimum absolute atomic E-state index is 0.0145. The van der Waals surface area contributed by atoms with Crippen LogP contribution in [0.3, 0.4) is 0 Å². The van der Waals surface area contributed by atoms with E-state index in [0.717, 1.165) is 22.4 Å². The van der Waals surface area contributed by atoms with Crippen LogP contribution >= 0.6 is 0 Å². The minimum Gasteiger partial charge on any atom is -0.487 e. The fraction of sp³-hybridized carbons (Fsp3) is 0.472. The largest absolute Gasteiger partial charge is 0.487 e. The molecule has 1 aliphatic heterocycles. The van der Waals surface area contributed by atoms with Crippen LogP contribution in [-0.2, 0) is 17.5 Å². The molecule has 4 heterocycles. The number of nitrogens with zero attached hydrogens (tertiary/aromatic N) is 5. The van der Waals surface area contributed by atoms with Crippen molar-refractivity contribution in [2.24, 2.45) is 5.41 Å². The van der Waals surface area contributed by atoms with Gasteiger partial charge in [0.25, 0.3) is 0 Å². The summed E-state index contributed by atoms with van der Waals surface area (Å²) >= 11 is 0. The third-order valence-electron chi connectivity index (χ3n) is 9.26. The van der Waals surface area contributed by atoms with Crippen molar-refractivity contribution in [3.05, 3.63) is 77.5 Å². The van der Waals surface area contributed by atoms with Gasteiger partial charge in [0.05, 0.1) is 40.9 Å². The van der Waals surface area contributed by atoms with E-state index in [9.17, 15) is 0 Å². The molecule has 0 aliphatic carbocycles. The molecule has 1 aliphatic rings. The summed E-state index contributed by atoms with van der Waals surface area (Å²) in [5.74, 6) is 1.63. The lowest BCUT2D eigenvalue weighted by atomic mass is 9.86. The van der Waals surface area contributed by atoms with Gasteiger partial charge in [0, 0.05) is 23.7 Å². The number of hydrogen-bond acceptors (Lipinski definition) is 8. The molecular formula is C36H47FN5O3Si. The Morgan fingerprint density at radius 1 is 1.02 bits per heavy atom. The van der Waals surface area contributed by atoms with Gasteiger partial charge in [0.2, 0.25) is 0 Å². The number of rotatable bonds is 8. The number of benzene rings is 1. The van der Waals surface area contributed by atoms with Crippen molar-refractivity contribution in [2.75, 3.05) is 4.90 Å². The number of anilines is 1. The zero-order valence-corrected chi connectivity index (χ0v) is 30.1. The summed E-state index contributed by atoms with van der Waals surface area (Å²) < 4.78 is 34.6. The number of pyridine rings is 1. The Morgan fingerprint density at radius 2 is 1.74 bits per heavy atom. The lowest BCUT2D eigenvalue weighted by Crippen LogP contribution is -2.50. The molecule has 0 saturated carbocycles. The smallest absolute Gasteiger partial charge is 0.192 e. The molecule has 2 atom stereocenters. The zero-order chi connectivity index (χ0) is 33.8. The lowest BCUT2D eigenvalue weighted by Gasteiger charge is -2.43. The maximum atomic E-state index is 15.8. The van der Waals surface area contributed by atoms with E-state index in [-0.39, 0.29) is 21.8 Å². The van der Waals surface area contributed by atoms with E-state index < -0.39 is 26.3 Å². The van der Waals surface area contributed by atoms with E-state index in [0.29, 0.717) is 41.8 Å². The van der Waals surface area contributed by atoms with Gasteiger partial charge in [-0.1, -0.05) is 52.8 Å². The molecule has 3 aromatic heterocycles. The highest BCUT2D eigenvalue weighted by atomic mass is 28.4. The molecule has 8 nitrogen and oxygen atoms in total. The van der Waals surface area contributed by atoms with E-state index >= 15 is 4.39 Å². The van der Waals surface area contributed by atoms with E-state index in [4.69, 9.17) is 23.7 Å². The van der Waals surface area contributed by atoms with Gasteiger partial charge >= 0.3 is 0 Å². The van der Waals surface area contributed by atoms with Crippen LogP contribution < -0.4 is 9.64 Å². The molecule has 0 fully saturated rings. The molecule has 0 N–H and O–H groups in total. The molecule has 5 rings (SSSR count). The summed E-state index contributed by atoms with van der Waals surface area (Å²) in [5, 5.41) is 4.19. The van der Waals surface area contributed by atoms with Crippen LogP contribution in [0.25, 0.3) is 22.6 Å². The highest BCUT2D eigenvalue weighted by Gasteiger charge is 2.42. The molecular weight excluding hydrogens is 598 g/mol. The Kier molecular flexibility index (Phi) is 8.94. The third kappa shape index (κ3) is 6.60. The lowest BCUT2D eigenvalue weighted by molar-refractivity contribution is 0.000946. The summed E-state index contributed by atoms with van der Waals surface area (Å²) in [5.41, 5.74) is 5.05. The first-order valence-corrected chi connectivity index (χ1v) is 18.8. The quantitative estimate of drug-likeness (QED) is 0.176. The van der Waals surface area contributed by atoms with E-state index in [1.165, 1.54) is 6.07 Å². The Labute approximate surface area is 273 Å². The van der Waals surface area contributed by atoms with Crippen LogP contribution in [0, 0.1) is 38.9 Å². The van der Waals surface area contributed by atoms with Crippen LogP contribution in [0.4, 0.5) is 10.2 Å². The van der Waals surface area contributed by atoms with Crippen LogP contribution in [0.2, 0.25) is 18.1 Å². The highest BCUT2D eigenvalue weighted by molar-refractivity contribution is 6.74. The molecule has 4 aromatic rings. The second kappa shape index (κ2) is 12.2. The first kappa shape index (κ1) is 33.7. The number of halogens is 1. The van der Waals surface area contributed by atoms with Gasteiger partial charge < -0.3 is 18.6 Å². The molecule has 1 aromatic carbocycles. The molecule has 1 radical (unpaired) electrons. The maximum Gasteiger partial charge on any atom is 0.192 e. The standard InChI is InChI=1S/C36H47FN5O3Si/c1-21-31(30-22(2)41-44-23(30)3)39-33(40-34(21)42-19-25-14-13-17-38-29(25)20-42)27-18-26(15-16-28(27)37)43-32(35(5,6)7)24(4)45-46(11,12)36(8,9)10/h13-18,24,32H,4,19-20H2,1-3,5-12H3. The molecule has 0 amide bonds. The van der Waals surface area contributed by atoms with Gasteiger partial charge in [0.1, 0.15) is 29.2 Å². The predicted molar refractivity (Wildman–Crippen MR) is 183 cm³/mol. The van der Waals surface area contributed by atoms with Crippen molar-refractivity contribution in [3.8, 4) is 28.4 Å². The third-order valence-corrected chi connectivity index (χ3v) is 13.8. The topological polar surface area (TPSA) is 86.4 Å². The van der Waals surface area contributed by atoms with Crippen LogP contribution in [0.15, 0.2) is 41.1 Å². The normalized spacial score (nSPS) is 15.2. The Balaban J connectivity index is 1.58.